The summed E-state index contributed by atoms with van der Waals surface area (Å²) in [6.07, 6.45) is 0. The van der Waals surface area contributed by atoms with Crippen molar-refractivity contribution in [2.75, 3.05) is 23.5 Å². The number of benzene rings is 7. The van der Waals surface area contributed by atoms with Crippen molar-refractivity contribution in [1.29, 1.82) is 0 Å². The second-order valence-corrected chi connectivity index (χ2v) is 14.0. The summed E-state index contributed by atoms with van der Waals surface area (Å²) < 4.78 is 80.0. The predicted octanol–water partition coefficient (Wildman–Crippen LogP) is 12.2. The van der Waals surface area contributed by atoms with Gasteiger partial charge in [-0.2, -0.15) is 5.10 Å². The number of aromatic nitrogens is 3. The minimum Gasteiger partial charge on any atom is -0.355 e. The molecule has 5 nitrogen and oxygen atoms in total. The molecule has 278 valence electrons. The van der Waals surface area contributed by atoms with Crippen molar-refractivity contribution in [3.05, 3.63) is 181 Å². The number of rotatable bonds is 6. The third-order valence-electron chi connectivity index (χ3n) is 10.7. The predicted molar refractivity (Wildman–Crippen MR) is 216 cm³/mol. The van der Waals surface area contributed by atoms with Crippen LogP contribution in [0.15, 0.2) is 152 Å². The molecule has 7 aromatic carbocycles. The van der Waals surface area contributed by atoms with Gasteiger partial charge in [-0.25, -0.2) is 26.6 Å². The molecular weight excluding hydrogens is 730 g/mol. The standard InChI is InChI=1S/C47H30F5N5/c1-54-27-55(37-22-11-10-21-36(37)54)30-17-12-18-31(25-30)56-35-20-9-8-19-33(35)34-24-23-32(26-38(34)56)57-47(29-15-6-3-7-16-29)40(46(53-57)28-13-4-2-5-14-28)39-41(48)43(50)45(52)44(51)42(39)49/h2-26H,27H2,1H3. The third kappa shape index (κ3) is 5.32. The first-order chi connectivity index (χ1) is 27.8. The van der Waals surface area contributed by atoms with Crippen molar-refractivity contribution in [1.82, 2.24) is 14.3 Å². The van der Waals surface area contributed by atoms with Crippen LogP contribution in [0.1, 0.15) is 0 Å². The molecule has 0 saturated heterocycles. The van der Waals surface area contributed by atoms with Crippen LogP contribution in [0.2, 0.25) is 0 Å². The number of hydrogen-bond donors (Lipinski definition) is 0. The minimum absolute atomic E-state index is 0.0434. The third-order valence-corrected chi connectivity index (χ3v) is 10.7. The highest BCUT2D eigenvalue weighted by Crippen LogP contribution is 2.46. The number of halogens is 5. The average molecular weight is 760 g/mol. The Kier molecular flexibility index (Phi) is 7.96. The number of fused-ring (bicyclic) bond motifs is 4. The Bertz CT molecular complexity index is 3000. The zero-order valence-corrected chi connectivity index (χ0v) is 30.3. The van der Waals surface area contributed by atoms with Crippen LogP contribution in [-0.2, 0) is 0 Å². The highest BCUT2D eigenvalue weighted by atomic mass is 19.2. The van der Waals surface area contributed by atoms with E-state index in [1.54, 1.807) is 60.7 Å². The summed E-state index contributed by atoms with van der Waals surface area (Å²) in [6.45, 7) is 0.677. The number of para-hydroxylation sites is 3. The molecule has 2 aromatic heterocycles. The molecule has 0 unspecified atom stereocenters. The lowest BCUT2D eigenvalue weighted by atomic mass is 9.94. The highest BCUT2D eigenvalue weighted by molar-refractivity contribution is 6.10. The molecule has 57 heavy (non-hydrogen) atoms. The second kappa shape index (κ2) is 13.2. The first-order valence-electron chi connectivity index (χ1n) is 18.3. The fourth-order valence-corrected chi connectivity index (χ4v) is 8.10. The molecule has 10 heteroatoms. The van der Waals surface area contributed by atoms with Gasteiger partial charge in [-0.1, -0.05) is 103 Å². The van der Waals surface area contributed by atoms with E-state index < -0.39 is 34.6 Å². The largest absolute Gasteiger partial charge is 0.355 e. The average Bonchev–Trinajstić information content (AvgIpc) is 3.92. The van der Waals surface area contributed by atoms with Gasteiger partial charge in [0.15, 0.2) is 23.3 Å². The summed E-state index contributed by atoms with van der Waals surface area (Å²) in [5, 5.41) is 6.90. The summed E-state index contributed by atoms with van der Waals surface area (Å²) >= 11 is 0. The smallest absolute Gasteiger partial charge is 0.200 e. The van der Waals surface area contributed by atoms with Gasteiger partial charge in [0.2, 0.25) is 5.82 Å². The van der Waals surface area contributed by atoms with E-state index in [0.717, 1.165) is 44.6 Å². The zero-order valence-electron chi connectivity index (χ0n) is 30.3. The van der Waals surface area contributed by atoms with Gasteiger partial charge >= 0.3 is 0 Å². The van der Waals surface area contributed by atoms with E-state index in [2.05, 4.69) is 57.8 Å². The van der Waals surface area contributed by atoms with Gasteiger partial charge in [-0.15, -0.1) is 0 Å². The molecule has 0 fully saturated rings. The SMILES string of the molecule is CN1CN(c2cccc(-n3c4ccccc4c4ccc(-n5nc(-c6ccccc6)c(-c6c(F)c(F)c(F)c(F)c6F)c5-c5ccccc5)cc43)c2)c2ccccc21. The molecule has 0 spiro atoms. The maximum Gasteiger partial charge on any atom is 0.200 e. The molecule has 0 bridgehead atoms. The Hall–Kier alpha value is -7.20. The van der Waals surface area contributed by atoms with Gasteiger partial charge in [-0.05, 0) is 48.5 Å². The normalized spacial score (nSPS) is 12.6. The van der Waals surface area contributed by atoms with E-state index in [4.69, 9.17) is 5.10 Å². The molecule has 3 heterocycles. The van der Waals surface area contributed by atoms with Crippen LogP contribution in [0.4, 0.5) is 39.0 Å². The Morgan fingerprint density at radius 3 is 1.81 bits per heavy atom. The monoisotopic (exact) mass is 759 g/mol. The zero-order chi connectivity index (χ0) is 38.9. The van der Waals surface area contributed by atoms with Gasteiger partial charge in [-0.3, -0.25) is 0 Å². The van der Waals surface area contributed by atoms with Crippen molar-refractivity contribution in [2.24, 2.45) is 0 Å². The first-order valence-corrected chi connectivity index (χ1v) is 18.3. The van der Waals surface area contributed by atoms with Crippen LogP contribution < -0.4 is 9.80 Å². The van der Waals surface area contributed by atoms with Crippen molar-refractivity contribution in [2.45, 2.75) is 0 Å². The van der Waals surface area contributed by atoms with Crippen molar-refractivity contribution >= 4 is 38.9 Å². The summed E-state index contributed by atoms with van der Waals surface area (Å²) in [5.41, 5.74) is 6.21. The van der Waals surface area contributed by atoms with E-state index in [1.165, 1.54) is 4.68 Å². The van der Waals surface area contributed by atoms with Crippen molar-refractivity contribution in [3.63, 3.8) is 0 Å². The van der Waals surface area contributed by atoms with Crippen LogP contribution >= 0.6 is 0 Å². The summed E-state index contributed by atoms with van der Waals surface area (Å²) in [5.74, 6) is -10.2. The lowest BCUT2D eigenvalue weighted by Crippen LogP contribution is -2.24. The molecule has 1 aliphatic rings. The van der Waals surface area contributed by atoms with Crippen molar-refractivity contribution in [3.8, 4) is 45.0 Å². The Morgan fingerprint density at radius 2 is 1.07 bits per heavy atom. The van der Waals surface area contributed by atoms with E-state index in [0.29, 0.717) is 23.5 Å². The van der Waals surface area contributed by atoms with Gasteiger partial charge in [0.25, 0.3) is 0 Å². The number of nitrogens with zero attached hydrogens (tertiary/aromatic N) is 5. The summed E-state index contributed by atoms with van der Waals surface area (Å²) in [4.78, 5) is 4.47. The first kappa shape index (κ1) is 34.3. The number of hydrogen-bond acceptors (Lipinski definition) is 3. The van der Waals surface area contributed by atoms with Crippen LogP contribution in [0, 0.1) is 29.1 Å². The maximum absolute atomic E-state index is 15.9. The van der Waals surface area contributed by atoms with Crippen LogP contribution in [0.25, 0.3) is 66.8 Å². The van der Waals surface area contributed by atoms with Gasteiger partial charge < -0.3 is 14.4 Å². The van der Waals surface area contributed by atoms with E-state index in [9.17, 15) is 4.39 Å². The van der Waals surface area contributed by atoms with Crippen LogP contribution in [-0.4, -0.2) is 28.1 Å². The van der Waals surface area contributed by atoms with Gasteiger partial charge in [0, 0.05) is 45.9 Å². The quantitative estimate of drug-likeness (QED) is 0.0960. The minimum atomic E-state index is -2.23. The molecular formula is C47H30F5N5. The molecule has 1 aliphatic heterocycles. The van der Waals surface area contributed by atoms with E-state index >= 15 is 17.6 Å². The molecule has 0 atom stereocenters. The Labute approximate surface area is 323 Å². The highest BCUT2D eigenvalue weighted by Gasteiger charge is 2.33. The molecule has 10 rings (SSSR count). The molecule has 0 saturated carbocycles. The number of anilines is 3. The Balaban J connectivity index is 1.25. The van der Waals surface area contributed by atoms with Gasteiger partial charge in [0.1, 0.15) is 5.69 Å². The molecule has 0 N–H and O–H groups in total. The van der Waals surface area contributed by atoms with Gasteiger partial charge in [0.05, 0.1) is 46.0 Å². The van der Waals surface area contributed by atoms with E-state index in [1.807, 2.05) is 54.6 Å². The topological polar surface area (TPSA) is 29.2 Å². The van der Waals surface area contributed by atoms with Crippen LogP contribution in [0.5, 0.6) is 0 Å². The molecule has 0 radical (unpaired) electrons. The fraction of sp³-hybridized carbons (Fsp3) is 0.0426. The van der Waals surface area contributed by atoms with Crippen LogP contribution in [0.3, 0.4) is 0 Å². The second-order valence-electron chi connectivity index (χ2n) is 14.0. The Morgan fingerprint density at radius 1 is 0.474 bits per heavy atom. The van der Waals surface area contributed by atoms with Crippen molar-refractivity contribution < 1.29 is 22.0 Å². The van der Waals surface area contributed by atoms with E-state index in [-0.39, 0.29) is 17.0 Å². The lowest BCUT2D eigenvalue weighted by Gasteiger charge is -2.21. The summed E-state index contributed by atoms with van der Waals surface area (Å²) in [6, 6.07) is 47.7. The molecule has 0 aliphatic carbocycles. The maximum atomic E-state index is 15.9. The lowest BCUT2D eigenvalue weighted by molar-refractivity contribution is 0.381. The fourth-order valence-electron chi connectivity index (χ4n) is 8.10. The molecule has 0 amide bonds. The molecule has 9 aromatic rings. The summed E-state index contributed by atoms with van der Waals surface area (Å²) in [7, 11) is 2.07.